The Morgan fingerprint density at radius 3 is 2.68 bits per heavy atom. The summed E-state index contributed by atoms with van der Waals surface area (Å²) in [6, 6.07) is 0. The van der Waals surface area contributed by atoms with Crippen LogP contribution < -0.4 is 10.6 Å². The highest BCUT2D eigenvalue weighted by Crippen LogP contribution is 2.31. The minimum absolute atomic E-state index is 0. The third-order valence-corrected chi connectivity index (χ3v) is 4.59. The first-order valence-electron chi connectivity index (χ1n) is 7.39. The average molecular weight is 349 g/mol. The van der Waals surface area contributed by atoms with Gasteiger partial charge >= 0.3 is 0 Å². The van der Waals surface area contributed by atoms with Gasteiger partial charge < -0.3 is 10.1 Å². The number of hydrogen-bond donors (Lipinski definition) is 2. The lowest BCUT2D eigenvalue weighted by Gasteiger charge is -2.35. The van der Waals surface area contributed by atoms with Gasteiger partial charge in [0.2, 0.25) is 11.0 Å². The predicted octanol–water partition coefficient (Wildman–Crippen LogP) is 2.11. The lowest BCUT2D eigenvalue weighted by Crippen LogP contribution is -2.47. The van der Waals surface area contributed by atoms with E-state index in [2.05, 4.69) is 34.7 Å². The molecule has 22 heavy (non-hydrogen) atoms. The molecule has 1 saturated heterocycles. The Balaban J connectivity index is 0.00000242. The number of hydrogen-bond acceptors (Lipinski definition) is 6. The van der Waals surface area contributed by atoms with Crippen molar-refractivity contribution >= 4 is 34.8 Å². The first kappa shape index (κ1) is 19.3. The SMILES string of the molecule is COCC1(C(=O)Nc2nnc(CC(C)C)s2)CCNCC1.Cl. The van der Waals surface area contributed by atoms with E-state index in [1.165, 1.54) is 11.3 Å². The smallest absolute Gasteiger partial charge is 0.234 e. The van der Waals surface area contributed by atoms with Gasteiger partial charge in [-0.15, -0.1) is 22.6 Å². The molecule has 8 heteroatoms. The molecule has 0 aliphatic carbocycles. The van der Waals surface area contributed by atoms with Crippen molar-refractivity contribution in [3.8, 4) is 0 Å². The van der Waals surface area contributed by atoms with Crippen LogP contribution in [0.5, 0.6) is 0 Å². The Morgan fingerprint density at radius 2 is 2.09 bits per heavy atom. The topological polar surface area (TPSA) is 76.1 Å². The average Bonchev–Trinajstić information content (AvgIpc) is 2.86. The highest BCUT2D eigenvalue weighted by Gasteiger charge is 2.40. The molecule has 0 saturated carbocycles. The van der Waals surface area contributed by atoms with Crippen LogP contribution in [0.25, 0.3) is 0 Å². The van der Waals surface area contributed by atoms with E-state index in [9.17, 15) is 4.79 Å². The van der Waals surface area contributed by atoms with Crippen molar-refractivity contribution in [3.05, 3.63) is 5.01 Å². The largest absolute Gasteiger partial charge is 0.384 e. The molecule has 126 valence electrons. The zero-order chi connectivity index (χ0) is 15.3. The number of ether oxygens (including phenoxy) is 1. The van der Waals surface area contributed by atoms with Gasteiger partial charge in [-0.25, -0.2) is 0 Å². The summed E-state index contributed by atoms with van der Waals surface area (Å²) in [5.74, 6) is 0.531. The zero-order valence-electron chi connectivity index (χ0n) is 13.3. The van der Waals surface area contributed by atoms with Crippen LogP contribution in [-0.4, -0.2) is 42.9 Å². The molecule has 1 aromatic rings. The summed E-state index contributed by atoms with van der Waals surface area (Å²) in [6.45, 7) is 6.40. The molecular formula is C14H25ClN4O2S. The maximum atomic E-state index is 12.6. The van der Waals surface area contributed by atoms with Crippen LogP contribution in [0.1, 0.15) is 31.7 Å². The van der Waals surface area contributed by atoms with Gasteiger partial charge in [0.1, 0.15) is 5.01 Å². The predicted molar refractivity (Wildman–Crippen MR) is 90.7 cm³/mol. The summed E-state index contributed by atoms with van der Waals surface area (Å²) in [6.07, 6.45) is 2.45. The van der Waals surface area contributed by atoms with Crippen molar-refractivity contribution < 1.29 is 9.53 Å². The molecule has 2 rings (SSSR count). The summed E-state index contributed by atoms with van der Waals surface area (Å²) in [4.78, 5) is 12.6. The summed E-state index contributed by atoms with van der Waals surface area (Å²) < 4.78 is 5.28. The van der Waals surface area contributed by atoms with E-state index in [1.807, 2.05) is 0 Å². The first-order valence-corrected chi connectivity index (χ1v) is 8.21. The van der Waals surface area contributed by atoms with E-state index in [4.69, 9.17) is 4.74 Å². The number of rotatable bonds is 6. The van der Waals surface area contributed by atoms with Gasteiger partial charge in [-0.1, -0.05) is 25.2 Å². The first-order chi connectivity index (χ1) is 10.1. The fourth-order valence-electron chi connectivity index (χ4n) is 2.58. The second kappa shape index (κ2) is 8.76. The lowest BCUT2D eigenvalue weighted by molar-refractivity contribution is -0.130. The van der Waals surface area contributed by atoms with E-state index in [0.717, 1.165) is 37.4 Å². The summed E-state index contributed by atoms with van der Waals surface area (Å²) in [5, 5.41) is 16.0. The maximum absolute atomic E-state index is 12.6. The number of piperidine rings is 1. The van der Waals surface area contributed by atoms with Crippen LogP contribution in [-0.2, 0) is 16.0 Å². The van der Waals surface area contributed by atoms with Crippen molar-refractivity contribution in [2.45, 2.75) is 33.1 Å². The van der Waals surface area contributed by atoms with Crippen LogP contribution >= 0.6 is 23.7 Å². The molecule has 2 heterocycles. The van der Waals surface area contributed by atoms with Gasteiger partial charge in [0.15, 0.2) is 0 Å². The molecule has 1 amide bonds. The van der Waals surface area contributed by atoms with Gasteiger partial charge in [-0.2, -0.15) is 0 Å². The molecule has 0 atom stereocenters. The van der Waals surface area contributed by atoms with E-state index >= 15 is 0 Å². The van der Waals surface area contributed by atoms with Crippen LogP contribution in [0.15, 0.2) is 0 Å². The van der Waals surface area contributed by atoms with Gasteiger partial charge in [-0.3, -0.25) is 10.1 Å². The molecule has 2 N–H and O–H groups in total. The minimum Gasteiger partial charge on any atom is -0.384 e. The van der Waals surface area contributed by atoms with Crippen molar-refractivity contribution in [3.63, 3.8) is 0 Å². The number of carbonyl (C=O) groups excluding carboxylic acids is 1. The maximum Gasteiger partial charge on any atom is 0.234 e. The van der Waals surface area contributed by atoms with Crippen molar-refractivity contribution in [1.29, 1.82) is 0 Å². The van der Waals surface area contributed by atoms with E-state index in [1.54, 1.807) is 7.11 Å². The van der Waals surface area contributed by atoms with E-state index < -0.39 is 5.41 Å². The molecule has 1 aliphatic rings. The summed E-state index contributed by atoms with van der Waals surface area (Å²) >= 11 is 1.46. The Morgan fingerprint density at radius 1 is 1.41 bits per heavy atom. The van der Waals surface area contributed by atoms with Crippen LogP contribution in [0.4, 0.5) is 5.13 Å². The molecule has 1 aromatic heterocycles. The normalized spacial score (nSPS) is 17.1. The molecular weight excluding hydrogens is 324 g/mol. The fourth-order valence-corrected chi connectivity index (χ4v) is 3.53. The van der Waals surface area contributed by atoms with Gasteiger partial charge in [0, 0.05) is 13.5 Å². The highest BCUT2D eigenvalue weighted by atomic mass is 35.5. The Bertz CT molecular complexity index is 470. The van der Waals surface area contributed by atoms with Crippen LogP contribution in [0.3, 0.4) is 0 Å². The molecule has 6 nitrogen and oxygen atoms in total. The Kier molecular flexibility index (Phi) is 7.68. The van der Waals surface area contributed by atoms with E-state index in [0.29, 0.717) is 17.7 Å². The third kappa shape index (κ3) is 4.87. The number of nitrogens with one attached hydrogen (secondary N) is 2. The standard InChI is InChI=1S/C14H24N4O2S.ClH/c1-10(2)8-11-17-18-13(21-11)16-12(19)14(9-20-3)4-6-15-7-5-14;/h10,15H,4-9H2,1-3H3,(H,16,18,19);1H. The lowest BCUT2D eigenvalue weighted by atomic mass is 9.79. The van der Waals surface area contributed by atoms with Gasteiger partial charge in [0.05, 0.1) is 12.0 Å². The summed E-state index contributed by atoms with van der Waals surface area (Å²) in [7, 11) is 1.64. The molecule has 0 radical (unpaired) electrons. The number of amides is 1. The van der Waals surface area contributed by atoms with Gasteiger partial charge in [0.25, 0.3) is 0 Å². The third-order valence-electron chi connectivity index (χ3n) is 3.73. The van der Waals surface area contributed by atoms with Crippen LogP contribution in [0.2, 0.25) is 0 Å². The minimum atomic E-state index is -0.454. The monoisotopic (exact) mass is 348 g/mol. The Hall–Kier alpha value is -0.760. The van der Waals surface area contributed by atoms with E-state index in [-0.39, 0.29) is 18.3 Å². The number of anilines is 1. The summed E-state index contributed by atoms with van der Waals surface area (Å²) in [5.41, 5.74) is -0.454. The number of halogens is 1. The zero-order valence-corrected chi connectivity index (χ0v) is 15.0. The number of methoxy groups -OCH3 is 1. The molecule has 0 unspecified atom stereocenters. The van der Waals surface area contributed by atoms with Crippen LogP contribution in [0, 0.1) is 11.3 Å². The molecule has 0 bridgehead atoms. The van der Waals surface area contributed by atoms with Crippen molar-refractivity contribution in [2.75, 3.05) is 32.1 Å². The Labute approximate surface area is 141 Å². The fraction of sp³-hybridized carbons (Fsp3) is 0.786. The van der Waals surface area contributed by atoms with Crippen molar-refractivity contribution in [1.82, 2.24) is 15.5 Å². The quantitative estimate of drug-likeness (QED) is 0.823. The highest BCUT2D eigenvalue weighted by molar-refractivity contribution is 7.15. The van der Waals surface area contributed by atoms with Crippen molar-refractivity contribution in [2.24, 2.45) is 11.3 Å². The second-order valence-corrected chi connectivity index (χ2v) is 7.08. The molecule has 1 aliphatic heterocycles. The number of carbonyl (C=O) groups is 1. The molecule has 1 fully saturated rings. The molecule has 0 spiro atoms. The second-order valence-electron chi connectivity index (χ2n) is 6.02. The number of nitrogens with zero attached hydrogens (tertiary/aromatic N) is 2. The number of aromatic nitrogens is 2. The molecule has 0 aromatic carbocycles. The van der Waals surface area contributed by atoms with Gasteiger partial charge in [-0.05, 0) is 31.8 Å².